The highest BCUT2D eigenvalue weighted by molar-refractivity contribution is 8.93. The highest BCUT2D eigenvalue weighted by Crippen LogP contribution is 2.54. The molecule has 1 saturated carbocycles. The molecular weight excluding hydrogens is 388 g/mol. The van der Waals surface area contributed by atoms with E-state index >= 15 is 0 Å². The third-order valence-corrected chi connectivity index (χ3v) is 5.12. The predicted molar refractivity (Wildman–Crippen MR) is 89.1 cm³/mol. The second-order valence-electron chi connectivity index (χ2n) is 4.50. The van der Waals surface area contributed by atoms with Crippen LogP contribution in [0.4, 0.5) is 0 Å². The molecule has 102 valence electrons. The van der Waals surface area contributed by atoms with Crippen molar-refractivity contribution in [3.63, 3.8) is 0 Å². The van der Waals surface area contributed by atoms with Crippen LogP contribution in [0.1, 0.15) is 11.4 Å². The molecule has 1 atom stereocenters. The molecule has 3 rings (SSSR count). The van der Waals surface area contributed by atoms with Gasteiger partial charge in [-0.15, -0.1) is 51.5 Å². The van der Waals surface area contributed by atoms with E-state index in [1.807, 2.05) is 24.3 Å². The highest BCUT2D eigenvalue weighted by atomic mass is 79.9. The molecule has 0 bridgehead atoms. The van der Waals surface area contributed by atoms with E-state index in [9.17, 15) is 0 Å². The Morgan fingerprint density at radius 3 is 2.47 bits per heavy atom. The zero-order valence-corrected chi connectivity index (χ0v) is 14.6. The summed E-state index contributed by atoms with van der Waals surface area (Å²) in [6.45, 7) is 0. The summed E-state index contributed by atoms with van der Waals surface area (Å²) in [5.41, 5.74) is 2.07. The number of rotatable bonds is 3. The van der Waals surface area contributed by atoms with Crippen molar-refractivity contribution in [3.8, 4) is 11.3 Å². The molecule has 19 heavy (non-hydrogen) atoms. The quantitative estimate of drug-likeness (QED) is 0.597. The van der Waals surface area contributed by atoms with Gasteiger partial charge in [0.15, 0.2) is 0 Å². The van der Waals surface area contributed by atoms with Crippen molar-refractivity contribution in [2.45, 2.75) is 17.2 Å². The molecule has 0 spiro atoms. The van der Waals surface area contributed by atoms with Gasteiger partial charge >= 0.3 is 0 Å². The van der Waals surface area contributed by atoms with Crippen molar-refractivity contribution in [2.75, 3.05) is 0 Å². The van der Waals surface area contributed by atoms with E-state index in [0.717, 1.165) is 34.1 Å². The Morgan fingerprint density at radius 2 is 1.89 bits per heavy atom. The van der Waals surface area contributed by atoms with Crippen LogP contribution in [0.25, 0.3) is 11.3 Å². The van der Waals surface area contributed by atoms with Crippen LogP contribution in [0.3, 0.4) is 0 Å². The van der Waals surface area contributed by atoms with Gasteiger partial charge < -0.3 is 0 Å². The predicted octanol–water partition coefficient (Wildman–Crippen LogP) is 5.78. The molecule has 1 heterocycles. The maximum atomic E-state index is 6.03. The minimum Gasteiger partial charge on any atom is -0.241 e. The van der Waals surface area contributed by atoms with Crippen LogP contribution in [-0.4, -0.2) is 9.32 Å². The van der Waals surface area contributed by atoms with Crippen LogP contribution in [0.5, 0.6) is 0 Å². The molecule has 1 nitrogen and oxygen atoms in total. The van der Waals surface area contributed by atoms with Gasteiger partial charge in [-0.25, -0.2) is 4.98 Å². The summed E-state index contributed by atoms with van der Waals surface area (Å²) in [6, 6.07) is 7.70. The molecular formula is C13H11BrCl3NS. The van der Waals surface area contributed by atoms with Crippen LogP contribution >= 0.6 is 63.1 Å². The Balaban J connectivity index is 0.00000133. The SMILES string of the molecule is Br.Clc1ccc(-c2csc(CC3CC3(Cl)Cl)n2)cc1. The number of alkyl halides is 2. The number of nitrogens with zero attached hydrogens (tertiary/aromatic N) is 1. The molecule has 1 aliphatic carbocycles. The lowest BCUT2D eigenvalue weighted by Gasteiger charge is -1.97. The molecule has 0 aliphatic heterocycles. The summed E-state index contributed by atoms with van der Waals surface area (Å²) in [7, 11) is 0. The standard InChI is InChI=1S/C13H10Cl3NS.BrH/c14-10-3-1-8(2-4-10)11-7-18-12(17-11)5-9-6-13(9,15)16;/h1-4,7,9H,5-6H2;1H. The third kappa shape index (κ3) is 3.64. The van der Waals surface area contributed by atoms with Crippen molar-refractivity contribution < 1.29 is 0 Å². The van der Waals surface area contributed by atoms with E-state index in [2.05, 4.69) is 10.4 Å². The lowest BCUT2D eigenvalue weighted by Crippen LogP contribution is -1.94. The minimum atomic E-state index is -0.522. The molecule has 1 fully saturated rings. The van der Waals surface area contributed by atoms with Gasteiger partial charge in [-0.1, -0.05) is 23.7 Å². The zero-order valence-electron chi connectivity index (χ0n) is 9.78. The van der Waals surface area contributed by atoms with Crippen molar-refractivity contribution in [2.24, 2.45) is 5.92 Å². The largest absolute Gasteiger partial charge is 0.241 e. The molecule has 0 radical (unpaired) electrons. The first-order valence-electron chi connectivity index (χ1n) is 5.63. The Morgan fingerprint density at radius 1 is 1.26 bits per heavy atom. The molecule has 0 saturated heterocycles. The summed E-state index contributed by atoms with van der Waals surface area (Å²) < 4.78 is -0.522. The molecule has 2 aromatic rings. The first-order valence-corrected chi connectivity index (χ1v) is 7.64. The molecule has 1 aromatic carbocycles. The van der Waals surface area contributed by atoms with Gasteiger partial charge in [-0.05, 0) is 18.6 Å². The summed E-state index contributed by atoms with van der Waals surface area (Å²) in [5, 5.41) is 3.89. The van der Waals surface area contributed by atoms with Crippen LogP contribution < -0.4 is 0 Å². The molecule has 1 unspecified atom stereocenters. The fourth-order valence-corrected chi connectivity index (χ4v) is 3.40. The second kappa shape index (κ2) is 5.90. The first kappa shape index (κ1) is 15.6. The zero-order chi connectivity index (χ0) is 12.8. The normalized spacial score (nSPS) is 19.8. The van der Waals surface area contributed by atoms with Crippen molar-refractivity contribution >= 4 is 63.1 Å². The number of benzene rings is 1. The Bertz CT molecular complexity index is 568. The van der Waals surface area contributed by atoms with Gasteiger partial charge in [0.2, 0.25) is 0 Å². The van der Waals surface area contributed by atoms with Gasteiger partial charge in [0, 0.05) is 28.3 Å². The fraction of sp³-hybridized carbons (Fsp3) is 0.308. The molecule has 0 amide bonds. The molecule has 0 N–H and O–H groups in total. The van der Waals surface area contributed by atoms with Crippen LogP contribution in [0.2, 0.25) is 5.02 Å². The Kier molecular flexibility index (Phi) is 4.84. The van der Waals surface area contributed by atoms with Gasteiger partial charge in [-0.3, -0.25) is 0 Å². The van der Waals surface area contributed by atoms with E-state index in [-0.39, 0.29) is 17.0 Å². The second-order valence-corrected chi connectivity index (χ2v) is 7.42. The number of hydrogen-bond donors (Lipinski definition) is 0. The van der Waals surface area contributed by atoms with Gasteiger partial charge in [0.05, 0.1) is 10.7 Å². The molecule has 1 aromatic heterocycles. The van der Waals surface area contributed by atoms with Gasteiger partial charge in [-0.2, -0.15) is 0 Å². The number of thiazole rings is 1. The lowest BCUT2D eigenvalue weighted by molar-refractivity contribution is 0.813. The van der Waals surface area contributed by atoms with E-state index in [4.69, 9.17) is 34.8 Å². The number of halogens is 4. The van der Waals surface area contributed by atoms with Crippen LogP contribution in [0, 0.1) is 5.92 Å². The number of hydrogen-bond acceptors (Lipinski definition) is 2. The number of aromatic nitrogens is 1. The van der Waals surface area contributed by atoms with Gasteiger partial charge in [0.1, 0.15) is 4.33 Å². The maximum absolute atomic E-state index is 6.03. The smallest absolute Gasteiger partial charge is 0.122 e. The average molecular weight is 400 g/mol. The Hall–Kier alpha value is 0.200. The topological polar surface area (TPSA) is 12.9 Å². The third-order valence-electron chi connectivity index (χ3n) is 3.07. The van der Waals surface area contributed by atoms with E-state index < -0.39 is 4.33 Å². The Labute approximate surface area is 141 Å². The average Bonchev–Trinajstić information content (AvgIpc) is 2.75. The first-order chi connectivity index (χ1) is 8.54. The summed E-state index contributed by atoms with van der Waals surface area (Å²) in [4.78, 5) is 4.61. The molecule has 6 heteroatoms. The van der Waals surface area contributed by atoms with E-state index in [1.165, 1.54) is 0 Å². The van der Waals surface area contributed by atoms with E-state index in [0.29, 0.717) is 5.92 Å². The maximum Gasteiger partial charge on any atom is 0.122 e. The summed E-state index contributed by atoms with van der Waals surface area (Å²) >= 11 is 19.6. The van der Waals surface area contributed by atoms with Crippen molar-refractivity contribution in [1.82, 2.24) is 4.98 Å². The fourth-order valence-electron chi connectivity index (χ4n) is 1.86. The van der Waals surface area contributed by atoms with Gasteiger partial charge in [0.25, 0.3) is 0 Å². The molecule has 1 aliphatic rings. The minimum absolute atomic E-state index is 0. The van der Waals surface area contributed by atoms with E-state index in [1.54, 1.807) is 11.3 Å². The van der Waals surface area contributed by atoms with Crippen LogP contribution in [-0.2, 0) is 6.42 Å². The van der Waals surface area contributed by atoms with Crippen molar-refractivity contribution in [1.29, 1.82) is 0 Å². The summed E-state index contributed by atoms with van der Waals surface area (Å²) in [6.07, 6.45) is 1.73. The van der Waals surface area contributed by atoms with Crippen molar-refractivity contribution in [3.05, 3.63) is 39.7 Å². The highest BCUT2D eigenvalue weighted by Gasteiger charge is 2.51. The summed E-state index contributed by atoms with van der Waals surface area (Å²) in [5.74, 6) is 0.352. The van der Waals surface area contributed by atoms with Crippen LogP contribution in [0.15, 0.2) is 29.6 Å². The lowest BCUT2D eigenvalue weighted by atomic mass is 10.2. The monoisotopic (exact) mass is 397 g/mol.